The van der Waals surface area contributed by atoms with Gasteiger partial charge in [0.2, 0.25) is 10.0 Å². The van der Waals surface area contributed by atoms with Crippen molar-refractivity contribution in [2.45, 2.75) is 13.0 Å². The lowest BCUT2D eigenvalue weighted by molar-refractivity contribution is 0.562. The van der Waals surface area contributed by atoms with E-state index in [1.54, 1.807) is 6.92 Å². The monoisotopic (exact) mass is 238 g/mol. The minimum absolute atomic E-state index is 0.0679. The lowest BCUT2D eigenvalue weighted by Gasteiger charge is -2.10. The van der Waals surface area contributed by atoms with Crippen LogP contribution in [-0.4, -0.2) is 35.2 Å². The van der Waals surface area contributed by atoms with Gasteiger partial charge in [-0.3, -0.25) is 5.10 Å². The van der Waals surface area contributed by atoms with Gasteiger partial charge in [0.05, 0.1) is 11.8 Å². The molecular weight excluding hydrogens is 228 g/mol. The number of sulfonamides is 1. The van der Waals surface area contributed by atoms with Crippen LogP contribution in [0.2, 0.25) is 0 Å². The number of aromatic nitrogens is 3. The topological polar surface area (TPSA) is 87.7 Å². The van der Waals surface area contributed by atoms with Gasteiger partial charge in [0.25, 0.3) is 0 Å². The molecule has 0 fully saturated rings. The van der Waals surface area contributed by atoms with Crippen molar-refractivity contribution >= 4 is 21.6 Å². The second-order valence-electron chi connectivity index (χ2n) is 2.72. The van der Waals surface area contributed by atoms with Crippen molar-refractivity contribution in [2.24, 2.45) is 0 Å². The molecule has 0 amide bonds. The summed E-state index contributed by atoms with van der Waals surface area (Å²) in [6.45, 7) is 1.67. The molecule has 0 bridgehead atoms. The Labute approximate surface area is 87.1 Å². The third-order valence-electron chi connectivity index (χ3n) is 1.55. The largest absolute Gasteiger partial charge is 0.262 e. The van der Waals surface area contributed by atoms with E-state index in [0.717, 1.165) is 0 Å². The standard InChI is InChI=1S/C6H11ClN4O2S/c1-5(6-8-4-9-10-6)11-14(12,13)3-2-7/h4-5,11H,2-3H2,1H3,(H,8,9,10). The fourth-order valence-electron chi connectivity index (χ4n) is 0.909. The summed E-state index contributed by atoms with van der Waals surface area (Å²) in [5, 5.41) is 6.20. The number of hydrogen-bond donors (Lipinski definition) is 2. The number of nitrogens with zero attached hydrogens (tertiary/aromatic N) is 2. The van der Waals surface area contributed by atoms with Crippen LogP contribution in [0.5, 0.6) is 0 Å². The number of rotatable bonds is 5. The van der Waals surface area contributed by atoms with Gasteiger partial charge in [-0.05, 0) is 6.92 Å². The van der Waals surface area contributed by atoms with Crippen LogP contribution in [0.4, 0.5) is 0 Å². The Morgan fingerprint density at radius 1 is 1.71 bits per heavy atom. The number of halogens is 1. The Morgan fingerprint density at radius 3 is 2.93 bits per heavy atom. The second-order valence-corrected chi connectivity index (χ2v) is 4.97. The number of hydrogen-bond acceptors (Lipinski definition) is 4. The van der Waals surface area contributed by atoms with Crippen molar-refractivity contribution in [1.82, 2.24) is 19.9 Å². The molecule has 0 aliphatic carbocycles. The highest BCUT2D eigenvalue weighted by Gasteiger charge is 2.16. The molecule has 1 atom stereocenters. The van der Waals surface area contributed by atoms with E-state index in [1.165, 1.54) is 6.33 Å². The molecule has 0 saturated heterocycles. The minimum atomic E-state index is -3.33. The summed E-state index contributed by atoms with van der Waals surface area (Å²) < 4.78 is 25.0. The van der Waals surface area contributed by atoms with Crippen LogP contribution in [-0.2, 0) is 10.0 Å². The molecule has 6 nitrogen and oxygen atoms in total. The predicted octanol–water partition coefficient (Wildman–Crippen LogP) is 0.0239. The van der Waals surface area contributed by atoms with Gasteiger partial charge in [0.1, 0.15) is 12.2 Å². The Morgan fingerprint density at radius 2 is 2.43 bits per heavy atom. The normalized spacial score (nSPS) is 14.1. The SMILES string of the molecule is CC(NS(=O)(=O)CCCl)c1ncn[nH]1. The molecule has 1 rings (SSSR count). The van der Waals surface area contributed by atoms with E-state index in [1.807, 2.05) is 0 Å². The Balaban J connectivity index is 2.61. The van der Waals surface area contributed by atoms with Crippen molar-refractivity contribution in [3.8, 4) is 0 Å². The van der Waals surface area contributed by atoms with Crippen LogP contribution < -0.4 is 4.72 Å². The van der Waals surface area contributed by atoms with E-state index in [0.29, 0.717) is 5.82 Å². The highest BCUT2D eigenvalue weighted by molar-refractivity contribution is 7.89. The molecule has 0 radical (unpaired) electrons. The molecule has 14 heavy (non-hydrogen) atoms. The number of H-pyrrole nitrogens is 1. The first-order chi connectivity index (χ1) is 6.55. The quantitative estimate of drug-likeness (QED) is 0.709. The van der Waals surface area contributed by atoms with Gasteiger partial charge in [-0.1, -0.05) is 0 Å². The summed E-state index contributed by atoms with van der Waals surface area (Å²) >= 11 is 5.34. The summed E-state index contributed by atoms with van der Waals surface area (Å²) in [4.78, 5) is 3.83. The summed E-state index contributed by atoms with van der Waals surface area (Å²) in [6, 6.07) is -0.425. The highest BCUT2D eigenvalue weighted by atomic mass is 35.5. The molecule has 0 aliphatic rings. The zero-order valence-corrected chi connectivity index (χ0v) is 9.14. The van der Waals surface area contributed by atoms with E-state index in [-0.39, 0.29) is 11.6 Å². The molecule has 1 unspecified atom stereocenters. The van der Waals surface area contributed by atoms with E-state index < -0.39 is 16.1 Å². The first kappa shape index (κ1) is 11.4. The Kier molecular flexibility index (Phi) is 3.85. The van der Waals surface area contributed by atoms with Crippen molar-refractivity contribution < 1.29 is 8.42 Å². The lowest BCUT2D eigenvalue weighted by Crippen LogP contribution is -2.30. The van der Waals surface area contributed by atoms with Gasteiger partial charge in [-0.15, -0.1) is 11.6 Å². The number of nitrogens with one attached hydrogen (secondary N) is 2. The average molecular weight is 239 g/mol. The molecule has 0 aliphatic heterocycles. The van der Waals surface area contributed by atoms with Gasteiger partial charge in [0, 0.05) is 5.88 Å². The van der Waals surface area contributed by atoms with Crippen molar-refractivity contribution in [2.75, 3.05) is 11.6 Å². The second kappa shape index (κ2) is 4.72. The molecular formula is C6H11ClN4O2S. The van der Waals surface area contributed by atoms with Crippen LogP contribution in [0, 0.1) is 0 Å². The summed E-state index contributed by atoms with van der Waals surface area (Å²) in [5.41, 5.74) is 0. The zero-order valence-electron chi connectivity index (χ0n) is 7.57. The third-order valence-corrected chi connectivity index (χ3v) is 3.41. The molecule has 1 heterocycles. The van der Waals surface area contributed by atoms with E-state index in [4.69, 9.17) is 11.6 Å². The van der Waals surface area contributed by atoms with Gasteiger partial charge < -0.3 is 0 Å². The molecule has 2 N–H and O–H groups in total. The van der Waals surface area contributed by atoms with E-state index in [9.17, 15) is 8.42 Å². The van der Waals surface area contributed by atoms with Crippen LogP contribution in [0.3, 0.4) is 0 Å². The molecule has 80 valence electrons. The van der Waals surface area contributed by atoms with Crippen molar-refractivity contribution in [3.05, 3.63) is 12.2 Å². The van der Waals surface area contributed by atoms with Crippen LogP contribution in [0.25, 0.3) is 0 Å². The van der Waals surface area contributed by atoms with Gasteiger partial charge in [-0.2, -0.15) is 5.10 Å². The maximum Gasteiger partial charge on any atom is 0.213 e. The molecule has 1 aromatic heterocycles. The van der Waals surface area contributed by atoms with E-state index in [2.05, 4.69) is 19.9 Å². The van der Waals surface area contributed by atoms with Crippen molar-refractivity contribution in [3.63, 3.8) is 0 Å². The maximum absolute atomic E-state index is 11.3. The maximum atomic E-state index is 11.3. The van der Waals surface area contributed by atoms with E-state index >= 15 is 0 Å². The Hall–Kier alpha value is -0.660. The third kappa shape index (κ3) is 3.24. The average Bonchev–Trinajstić information content (AvgIpc) is 2.53. The van der Waals surface area contributed by atoms with Crippen molar-refractivity contribution in [1.29, 1.82) is 0 Å². The summed E-state index contributed by atoms with van der Waals surface area (Å²) in [5.74, 6) is 0.439. The van der Waals surface area contributed by atoms with Gasteiger partial charge in [-0.25, -0.2) is 18.1 Å². The molecule has 8 heteroatoms. The molecule has 0 spiro atoms. The number of alkyl halides is 1. The first-order valence-electron chi connectivity index (χ1n) is 3.96. The van der Waals surface area contributed by atoms with Crippen LogP contribution in [0.1, 0.15) is 18.8 Å². The van der Waals surface area contributed by atoms with Crippen LogP contribution >= 0.6 is 11.6 Å². The highest BCUT2D eigenvalue weighted by Crippen LogP contribution is 2.06. The smallest absolute Gasteiger partial charge is 0.213 e. The molecule has 1 aromatic rings. The molecule has 0 aromatic carbocycles. The Bertz CT molecular complexity index is 363. The fourth-order valence-corrected chi connectivity index (χ4v) is 2.49. The zero-order chi connectivity index (χ0) is 10.6. The lowest BCUT2D eigenvalue weighted by atomic mass is 10.3. The first-order valence-corrected chi connectivity index (χ1v) is 6.15. The van der Waals surface area contributed by atoms with Gasteiger partial charge >= 0.3 is 0 Å². The predicted molar refractivity (Wildman–Crippen MR) is 52.4 cm³/mol. The number of aromatic amines is 1. The molecule has 0 saturated carbocycles. The van der Waals surface area contributed by atoms with Crippen LogP contribution in [0.15, 0.2) is 6.33 Å². The van der Waals surface area contributed by atoms with Gasteiger partial charge in [0.15, 0.2) is 0 Å². The fraction of sp³-hybridized carbons (Fsp3) is 0.667. The minimum Gasteiger partial charge on any atom is -0.262 e. The summed E-state index contributed by atoms with van der Waals surface area (Å²) in [7, 11) is -3.33. The summed E-state index contributed by atoms with van der Waals surface area (Å²) in [6.07, 6.45) is 1.32.